The molecule has 0 aliphatic carbocycles. The Bertz CT molecular complexity index is 388. The summed E-state index contributed by atoms with van der Waals surface area (Å²) in [5.41, 5.74) is 1.94. The van der Waals surface area contributed by atoms with Crippen molar-refractivity contribution in [2.75, 3.05) is 13.2 Å². The number of nitrogens with one attached hydrogen (secondary N) is 1. The molecular formula is C15H23F2NO. The zero-order chi connectivity index (χ0) is 14.5. The molecule has 0 saturated carbocycles. The predicted molar refractivity (Wildman–Crippen MR) is 73.6 cm³/mol. The number of aryl methyl sites for hydroxylation is 1. The Kier molecular flexibility index (Phi) is 5.88. The minimum atomic E-state index is -2.44. The molecule has 0 fully saturated rings. The number of hydrogen-bond donors (Lipinski definition) is 1. The van der Waals surface area contributed by atoms with Crippen LogP contribution in [0.15, 0.2) is 24.3 Å². The van der Waals surface area contributed by atoms with E-state index in [-0.39, 0.29) is 11.6 Å². The summed E-state index contributed by atoms with van der Waals surface area (Å²) >= 11 is 0. The fourth-order valence-corrected chi connectivity index (χ4v) is 1.79. The van der Waals surface area contributed by atoms with Crippen LogP contribution < -0.4 is 5.32 Å². The van der Waals surface area contributed by atoms with Crippen LogP contribution in [0.3, 0.4) is 0 Å². The number of ether oxygens (including phenoxy) is 1. The van der Waals surface area contributed by atoms with E-state index in [2.05, 4.69) is 5.32 Å². The van der Waals surface area contributed by atoms with Gasteiger partial charge < -0.3 is 10.1 Å². The Labute approximate surface area is 114 Å². The fourth-order valence-electron chi connectivity index (χ4n) is 1.79. The van der Waals surface area contributed by atoms with Crippen LogP contribution >= 0.6 is 0 Å². The van der Waals surface area contributed by atoms with E-state index in [1.807, 2.05) is 52.0 Å². The third-order valence-electron chi connectivity index (χ3n) is 2.78. The van der Waals surface area contributed by atoms with Gasteiger partial charge in [0.05, 0.1) is 6.10 Å². The van der Waals surface area contributed by atoms with Gasteiger partial charge in [-0.25, -0.2) is 8.78 Å². The van der Waals surface area contributed by atoms with Crippen molar-refractivity contribution in [3.05, 3.63) is 35.4 Å². The van der Waals surface area contributed by atoms with Gasteiger partial charge in [-0.15, -0.1) is 0 Å². The van der Waals surface area contributed by atoms with Crippen LogP contribution in [0.1, 0.15) is 38.0 Å². The second kappa shape index (κ2) is 6.96. The molecule has 0 aliphatic heterocycles. The maximum absolute atomic E-state index is 12.3. The summed E-state index contributed by atoms with van der Waals surface area (Å²) in [5, 5.41) is 3.30. The molecule has 108 valence electrons. The molecule has 1 rings (SSSR count). The molecule has 2 nitrogen and oxygen atoms in total. The smallest absolute Gasteiger partial charge is 0.261 e. The van der Waals surface area contributed by atoms with Gasteiger partial charge in [-0.1, -0.05) is 24.3 Å². The molecule has 19 heavy (non-hydrogen) atoms. The summed E-state index contributed by atoms with van der Waals surface area (Å²) in [5.74, 6) is 0. The average Bonchev–Trinajstić information content (AvgIpc) is 2.29. The van der Waals surface area contributed by atoms with Crippen molar-refractivity contribution in [2.45, 2.75) is 45.8 Å². The average molecular weight is 271 g/mol. The fraction of sp³-hybridized carbons (Fsp3) is 0.600. The highest BCUT2D eigenvalue weighted by Crippen LogP contribution is 2.22. The van der Waals surface area contributed by atoms with E-state index in [1.54, 1.807) is 0 Å². The monoisotopic (exact) mass is 271 g/mol. The van der Waals surface area contributed by atoms with Crippen molar-refractivity contribution in [3.8, 4) is 0 Å². The minimum Gasteiger partial charge on any atom is -0.366 e. The third-order valence-corrected chi connectivity index (χ3v) is 2.78. The zero-order valence-electron chi connectivity index (χ0n) is 12.0. The molecule has 0 aliphatic rings. The summed E-state index contributed by atoms with van der Waals surface area (Å²) in [6.07, 6.45) is -2.80. The first-order valence-electron chi connectivity index (χ1n) is 6.50. The Morgan fingerprint density at radius 1 is 1.21 bits per heavy atom. The van der Waals surface area contributed by atoms with Crippen molar-refractivity contribution in [1.82, 2.24) is 5.32 Å². The lowest BCUT2D eigenvalue weighted by Gasteiger charge is -2.26. The summed E-state index contributed by atoms with van der Waals surface area (Å²) in [6.45, 7) is 8.05. The molecule has 0 saturated heterocycles. The first-order valence-corrected chi connectivity index (χ1v) is 6.50. The van der Waals surface area contributed by atoms with E-state index in [9.17, 15) is 8.78 Å². The van der Waals surface area contributed by atoms with Crippen LogP contribution in [-0.4, -0.2) is 25.1 Å². The Hall–Kier alpha value is -1.00. The maximum Gasteiger partial charge on any atom is 0.261 e. The second-order valence-electron chi connectivity index (χ2n) is 5.70. The highest BCUT2D eigenvalue weighted by atomic mass is 19.3. The van der Waals surface area contributed by atoms with Gasteiger partial charge in [-0.2, -0.15) is 0 Å². The Balaban J connectivity index is 2.77. The maximum atomic E-state index is 12.3. The van der Waals surface area contributed by atoms with E-state index in [0.717, 1.165) is 11.1 Å². The van der Waals surface area contributed by atoms with Gasteiger partial charge in [0.15, 0.2) is 0 Å². The Morgan fingerprint density at radius 3 is 2.37 bits per heavy atom. The van der Waals surface area contributed by atoms with Crippen LogP contribution in [0.2, 0.25) is 0 Å². The zero-order valence-corrected chi connectivity index (χ0v) is 12.0. The molecule has 1 atom stereocenters. The van der Waals surface area contributed by atoms with Crippen LogP contribution in [0.4, 0.5) is 8.78 Å². The predicted octanol–water partition coefficient (Wildman–Crippen LogP) is 3.71. The van der Waals surface area contributed by atoms with Gasteiger partial charge in [0.25, 0.3) is 6.43 Å². The quantitative estimate of drug-likeness (QED) is 0.851. The molecule has 4 heteroatoms. The first kappa shape index (κ1) is 16.1. The second-order valence-corrected chi connectivity index (χ2v) is 5.70. The topological polar surface area (TPSA) is 21.3 Å². The van der Waals surface area contributed by atoms with E-state index < -0.39 is 13.0 Å². The third kappa shape index (κ3) is 6.12. The molecule has 1 aromatic rings. The number of rotatable bonds is 6. The summed E-state index contributed by atoms with van der Waals surface area (Å²) < 4.78 is 30.0. The van der Waals surface area contributed by atoms with Crippen molar-refractivity contribution in [1.29, 1.82) is 0 Å². The molecule has 1 aromatic carbocycles. The Morgan fingerprint density at radius 2 is 1.84 bits per heavy atom. The lowest BCUT2D eigenvalue weighted by molar-refractivity contribution is -0.0265. The SMILES string of the molecule is Cc1ccccc1C(CNC(C)(C)C)OCC(F)F. The molecule has 0 bridgehead atoms. The lowest BCUT2D eigenvalue weighted by Crippen LogP contribution is -2.39. The molecule has 0 aromatic heterocycles. The van der Waals surface area contributed by atoms with Gasteiger partial charge in [0.1, 0.15) is 6.61 Å². The van der Waals surface area contributed by atoms with E-state index >= 15 is 0 Å². The van der Waals surface area contributed by atoms with Gasteiger partial charge in [-0.3, -0.25) is 0 Å². The van der Waals surface area contributed by atoms with E-state index in [0.29, 0.717) is 6.54 Å². The minimum absolute atomic E-state index is 0.0743. The van der Waals surface area contributed by atoms with Crippen molar-refractivity contribution >= 4 is 0 Å². The lowest BCUT2D eigenvalue weighted by atomic mass is 10.0. The molecule has 0 heterocycles. The van der Waals surface area contributed by atoms with Gasteiger partial charge in [-0.05, 0) is 38.8 Å². The molecule has 0 spiro atoms. The number of benzene rings is 1. The first-order chi connectivity index (χ1) is 8.79. The molecule has 1 N–H and O–H groups in total. The number of halogens is 2. The van der Waals surface area contributed by atoms with Crippen LogP contribution in [0.5, 0.6) is 0 Å². The van der Waals surface area contributed by atoms with E-state index in [4.69, 9.17) is 4.74 Å². The molecule has 0 amide bonds. The molecule has 1 unspecified atom stereocenters. The summed E-state index contributed by atoms with van der Waals surface area (Å²) in [6, 6.07) is 7.72. The van der Waals surface area contributed by atoms with Crippen molar-refractivity contribution in [2.24, 2.45) is 0 Å². The van der Waals surface area contributed by atoms with Gasteiger partial charge in [0.2, 0.25) is 0 Å². The van der Waals surface area contributed by atoms with E-state index in [1.165, 1.54) is 0 Å². The van der Waals surface area contributed by atoms with Crippen molar-refractivity contribution in [3.63, 3.8) is 0 Å². The molecule has 0 radical (unpaired) electrons. The van der Waals surface area contributed by atoms with Crippen molar-refractivity contribution < 1.29 is 13.5 Å². The standard InChI is InChI=1S/C15H23F2NO/c1-11-7-5-6-8-12(11)13(19-10-14(16)17)9-18-15(2,3)4/h5-8,13-14,18H,9-10H2,1-4H3. The molecular weight excluding hydrogens is 248 g/mol. The van der Waals surface area contributed by atoms with Crippen LogP contribution in [0, 0.1) is 6.92 Å². The number of alkyl halides is 2. The summed E-state index contributed by atoms with van der Waals surface area (Å²) in [7, 11) is 0. The van der Waals surface area contributed by atoms with Crippen LogP contribution in [-0.2, 0) is 4.74 Å². The van der Waals surface area contributed by atoms with Gasteiger partial charge >= 0.3 is 0 Å². The van der Waals surface area contributed by atoms with Gasteiger partial charge in [0, 0.05) is 12.1 Å². The van der Waals surface area contributed by atoms with Crippen LogP contribution in [0.25, 0.3) is 0 Å². The highest BCUT2D eigenvalue weighted by Gasteiger charge is 2.19. The number of hydrogen-bond acceptors (Lipinski definition) is 2. The largest absolute Gasteiger partial charge is 0.366 e. The summed E-state index contributed by atoms with van der Waals surface area (Å²) in [4.78, 5) is 0. The highest BCUT2D eigenvalue weighted by molar-refractivity contribution is 5.28. The normalized spacial score (nSPS) is 13.8.